The summed E-state index contributed by atoms with van der Waals surface area (Å²) in [6.45, 7) is 1.04. The number of aliphatic carboxylic acids is 1. The SMILES string of the molecule is O=C(NCC1CCCCN1C(=O)CC1(C(=O)O)CCC1)c1ccccc1. The third-order valence-electron chi connectivity index (χ3n) is 5.74. The Balaban J connectivity index is 1.60. The summed E-state index contributed by atoms with van der Waals surface area (Å²) in [6.07, 6.45) is 4.88. The highest BCUT2D eigenvalue weighted by Gasteiger charge is 2.47. The predicted molar refractivity (Wildman–Crippen MR) is 96.7 cm³/mol. The summed E-state index contributed by atoms with van der Waals surface area (Å²) in [5, 5.41) is 12.4. The van der Waals surface area contributed by atoms with Crippen molar-refractivity contribution in [3.8, 4) is 0 Å². The molecule has 2 N–H and O–H groups in total. The molecule has 1 unspecified atom stereocenters. The van der Waals surface area contributed by atoms with Gasteiger partial charge in [0.1, 0.15) is 0 Å². The second kappa shape index (κ2) is 7.89. The van der Waals surface area contributed by atoms with E-state index in [4.69, 9.17) is 0 Å². The second-order valence-electron chi connectivity index (χ2n) is 7.43. The van der Waals surface area contributed by atoms with E-state index >= 15 is 0 Å². The van der Waals surface area contributed by atoms with Gasteiger partial charge in [0, 0.05) is 31.1 Å². The quantitative estimate of drug-likeness (QED) is 0.818. The van der Waals surface area contributed by atoms with Gasteiger partial charge in [-0.25, -0.2) is 0 Å². The zero-order valence-electron chi connectivity index (χ0n) is 14.9. The lowest BCUT2D eigenvalue weighted by Crippen LogP contribution is -2.52. The minimum atomic E-state index is -0.869. The summed E-state index contributed by atoms with van der Waals surface area (Å²) in [5.41, 5.74) is -0.271. The molecule has 26 heavy (non-hydrogen) atoms. The van der Waals surface area contributed by atoms with E-state index < -0.39 is 11.4 Å². The first kappa shape index (κ1) is 18.4. The number of nitrogens with one attached hydrogen (secondary N) is 1. The standard InChI is InChI=1S/C20H26N2O4/c23-17(13-20(19(25)26)10-6-11-20)22-12-5-4-9-16(22)14-21-18(24)15-7-2-1-3-8-15/h1-3,7-8,16H,4-6,9-14H2,(H,21,24)(H,25,26). The van der Waals surface area contributed by atoms with E-state index in [9.17, 15) is 19.5 Å². The fourth-order valence-electron chi connectivity index (χ4n) is 3.90. The van der Waals surface area contributed by atoms with Gasteiger partial charge in [-0.3, -0.25) is 14.4 Å². The summed E-state index contributed by atoms with van der Waals surface area (Å²) >= 11 is 0. The number of rotatable bonds is 6. The highest BCUT2D eigenvalue weighted by Crippen LogP contribution is 2.44. The molecule has 6 nitrogen and oxygen atoms in total. The zero-order valence-corrected chi connectivity index (χ0v) is 14.9. The number of carboxylic acids is 1. The molecule has 0 bridgehead atoms. The Morgan fingerprint density at radius 1 is 1.12 bits per heavy atom. The maximum absolute atomic E-state index is 12.8. The summed E-state index contributed by atoms with van der Waals surface area (Å²) in [4.78, 5) is 38.4. The molecule has 2 fully saturated rings. The number of piperidine rings is 1. The number of carboxylic acid groups (broad SMARTS) is 1. The van der Waals surface area contributed by atoms with Crippen molar-refractivity contribution in [1.82, 2.24) is 10.2 Å². The predicted octanol–water partition coefficient (Wildman–Crippen LogP) is 2.44. The van der Waals surface area contributed by atoms with Crippen LogP contribution in [0.5, 0.6) is 0 Å². The molecule has 2 aliphatic rings. The number of benzene rings is 1. The zero-order chi connectivity index (χ0) is 18.6. The molecule has 1 saturated carbocycles. The molecule has 1 heterocycles. The van der Waals surface area contributed by atoms with Gasteiger partial charge in [0.15, 0.2) is 0 Å². The first-order valence-corrected chi connectivity index (χ1v) is 9.38. The number of hydrogen-bond acceptors (Lipinski definition) is 3. The average molecular weight is 358 g/mol. The fourth-order valence-corrected chi connectivity index (χ4v) is 3.90. The van der Waals surface area contributed by atoms with Crippen molar-refractivity contribution in [2.24, 2.45) is 5.41 Å². The highest BCUT2D eigenvalue weighted by atomic mass is 16.4. The van der Waals surface area contributed by atoms with Gasteiger partial charge in [0.2, 0.25) is 5.91 Å². The van der Waals surface area contributed by atoms with Crippen molar-refractivity contribution in [3.63, 3.8) is 0 Å². The lowest BCUT2D eigenvalue weighted by molar-refractivity contribution is -0.160. The van der Waals surface area contributed by atoms with E-state index in [0.717, 1.165) is 25.7 Å². The van der Waals surface area contributed by atoms with Gasteiger partial charge >= 0.3 is 5.97 Å². The number of amides is 2. The Bertz CT molecular complexity index is 670. The normalized spacial score (nSPS) is 21.5. The number of carbonyl (C=O) groups excluding carboxylic acids is 2. The van der Waals surface area contributed by atoms with Crippen LogP contribution in [0.15, 0.2) is 30.3 Å². The average Bonchev–Trinajstić information content (AvgIpc) is 2.63. The molecule has 140 valence electrons. The van der Waals surface area contributed by atoms with Crippen molar-refractivity contribution in [2.75, 3.05) is 13.1 Å². The molecule has 1 aliphatic carbocycles. The molecule has 1 atom stereocenters. The van der Waals surface area contributed by atoms with Crippen LogP contribution in [0.4, 0.5) is 0 Å². The fraction of sp³-hybridized carbons (Fsp3) is 0.550. The maximum Gasteiger partial charge on any atom is 0.310 e. The van der Waals surface area contributed by atoms with Crippen LogP contribution in [-0.4, -0.2) is 46.9 Å². The molecular weight excluding hydrogens is 332 g/mol. The molecule has 1 aromatic carbocycles. The number of hydrogen-bond donors (Lipinski definition) is 2. The second-order valence-corrected chi connectivity index (χ2v) is 7.43. The Labute approximate surface area is 153 Å². The van der Waals surface area contributed by atoms with Crippen LogP contribution in [0.3, 0.4) is 0 Å². The van der Waals surface area contributed by atoms with Crippen molar-refractivity contribution in [1.29, 1.82) is 0 Å². The van der Waals surface area contributed by atoms with Crippen LogP contribution in [0, 0.1) is 5.41 Å². The van der Waals surface area contributed by atoms with Gasteiger partial charge in [-0.05, 0) is 44.2 Å². The van der Waals surface area contributed by atoms with Crippen LogP contribution in [0.1, 0.15) is 55.3 Å². The number of nitrogens with zero attached hydrogens (tertiary/aromatic N) is 1. The van der Waals surface area contributed by atoms with Gasteiger partial charge in [0.25, 0.3) is 5.91 Å². The Morgan fingerprint density at radius 3 is 2.46 bits per heavy atom. The van der Waals surface area contributed by atoms with E-state index in [1.54, 1.807) is 17.0 Å². The summed E-state index contributed by atoms with van der Waals surface area (Å²) in [7, 11) is 0. The number of carbonyl (C=O) groups is 3. The largest absolute Gasteiger partial charge is 0.481 e. The minimum Gasteiger partial charge on any atom is -0.481 e. The molecule has 0 spiro atoms. The summed E-state index contributed by atoms with van der Waals surface area (Å²) in [5.74, 6) is -1.10. The topological polar surface area (TPSA) is 86.7 Å². The van der Waals surface area contributed by atoms with E-state index in [1.807, 2.05) is 18.2 Å². The van der Waals surface area contributed by atoms with E-state index in [2.05, 4.69) is 5.32 Å². The summed E-state index contributed by atoms with van der Waals surface area (Å²) in [6, 6.07) is 8.94. The first-order valence-electron chi connectivity index (χ1n) is 9.38. The van der Waals surface area contributed by atoms with Gasteiger partial charge in [-0.2, -0.15) is 0 Å². The molecule has 1 aromatic rings. The number of likely N-dealkylation sites (tertiary alicyclic amines) is 1. The first-order chi connectivity index (χ1) is 12.5. The third kappa shape index (κ3) is 3.89. The molecule has 0 radical (unpaired) electrons. The van der Waals surface area contributed by atoms with Crippen molar-refractivity contribution < 1.29 is 19.5 Å². The van der Waals surface area contributed by atoms with E-state index in [-0.39, 0.29) is 24.3 Å². The maximum atomic E-state index is 12.8. The van der Waals surface area contributed by atoms with Gasteiger partial charge in [0.05, 0.1) is 5.41 Å². The van der Waals surface area contributed by atoms with E-state index in [0.29, 0.717) is 31.5 Å². The summed E-state index contributed by atoms with van der Waals surface area (Å²) < 4.78 is 0. The third-order valence-corrected chi connectivity index (χ3v) is 5.74. The van der Waals surface area contributed by atoms with Crippen LogP contribution < -0.4 is 5.32 Å². The van der Waals surface area contributed by atoms with Crippen LogP contribution in [0.25, 0.3) is 0 Å². The van der Waals surface area contributed by atoms with Gasteiger partial charge in [-0.1, -0.05) is 24.6 Å². The lowest BCUT2D eigenvalue weighted by atomic mass is 9.66. The Morgan fingerprint density at radius 2 is 1.85 bits per heavy atom. The van der Waals surface area contributed by atoms with E-state index in [1.165, 1.54) is 0 Å². The van der Waals surface area contributed by atoms with Crippen molar-refractivity contribution in [2.45, 2.75) is 51.0 Å². The Hall–Kier alpha value is -2.37. The monoisotopic (exact) mass is 358 g/mol. The van der Waals surface area contributed by atoms with Gasteiger partial charge < -0.3 is 15.3 Å². The Kier molecular flexibility index (Phi) is 5.59. The molecule has 2 amide bonds. The van der Waals surface area contributed by atoms with Crippen molar-refractivity contribution >= 4 is 17.8 Å². The van der Waals surface area contributed by atoms with Crippen molar-refractivity contribution in [3.05, 3.63) is 35.9 Å². The molecule has 1 aliphatic heterocycles. The highest BCUT2D eigenvalue weighted by molar-refractivity contribution is 5.94. The lowest BCUT2D eigenvalue weighted by Gasteiger charge is -2.41. The molecule has 3 rings (SSSR count). The minimum absolute atomic E-state index is 0.0603. The molecule has 6 heteroatoms. The van der Waals surface area contributed by atoms with Crippen LogP contribution in [0.2, 0.25) is 0 Å². The smallest absolute Gasteiger partial charge is 0.310 e. The van der Waals surface area contributed by atoms with Crippen LogP contribution in [-0.2, 0) is 9.59 Å². The molecule has 1 saturated heterocycles. The van der Waals surface area contributed by atoms with Crippen LogP contribution >= 0.6 is 0 Å². The molecular formula is C20H26N2O4. The molecule has 0 aromatic heterocycles. The van der Waals surface area contributed by atoms with Gasteiger partial charge in [-0.15, -0.1) is 0 Å².